The molecule has 1 aromatic heterocycles. The molecule has 0 saturated carbocycles. The fraction of sp³-hybridized carbons (Fsp3) is 0.200. The lowest BCUT2D eigenvalue weighted by Crippen LogP contribution is -2.24. The Morgan fingerprint density at radius 2 is 1.77 bits per heavy atom. The number of hydrogen-bond donors (Lipinski definition) is 1. The van der Waals surface area contributed by atoms with Crippen LogP contribution in [0.15, 0.2) is 42.5 Å². The van der Waals surface area contributed by atoms with Crippen LogP contribution >= 0.6 is 0 Å². The lowest BCUT2D eigenvalue weighted by Gasteiger charge is -2.18. The maximum atomic E-state index is 12.8. The van der Waals surface area contributed by atoms with Crippen molar-refractivity contribution < 1.29 is 19.1 Å². The Bertz CT molecular complexity index is 1040. The number of ketones is 1. The molecule has 1 aliphatic heterocycles. The van der Waals surface area contributed by atoms with Crippen LogP contribution in [0.2, 0.25) is 0 Å². The van der Waals surface area contributed by atoms with Crippen molar-refractivity contribution in [1.29, 1.82) is 0 Å². The highest BCUT2D eigenvalue weighted by Gasteiger charge is 2.24. The molecule has 6 nitrogen and oxygen atoms in total. The van der Waals surface area contributed by atoms with Crippen molar-refractivity contribution in [2.45, 2.75) is 6.92 Å². The third-order valence-corrected chi connectivity index (χ3v) is 4.63. The molecular weight excluding hydrogens is 332 g/mol. The maximum absolute atomic E-state index is 12.8. The summed E-state index contributed by atoms with van der Waals surface area (Å²) in [4.78, 5) is 25.3. The van der Waals surface area contributed by atoms with Gasteiger partial charge in [-0.05, 0) is 25.1 Å². The minimum Gasteiger partial charge on any atom is -0.486 e. The summed E-state index contributed by atoms with van der Waals surface area (Å²) in [6.45, 7) is 2.79. The number of para-hydroxylation sites is 1. The minimum absolute atomic E-state index is 0.429. The zero-order valence-electron chi connectivity index (χ0n) is 14.5. The largest absolute Gasteiger partial charge is 0.486 e. The summed E-state index contributed by atoms with van der Waals surface area (Å²) < 4.78 is 12.9. The van der Waals surface area contributed by atoms with Crippen LogP contribution in [0.3, 0.4) is 0 Å². The number of aromatic nitrogens is 1. The molecule has 0 radical (unpaired) electrons. The number of fused-ring (bicyclic) bond motifs is 2. The van der Waals surface area contributed by atoms with E-state index in [1.165, 1.54) is 0 Å². The second-order valence-electron chi connectivity index (χ2n) is 6.18. The summed E-state index contributed by atoms with van der Waals surface area (Å²) in [5.41, 5.74) is 2.60. The first-order chi connectivity index (χ1) is 12.6. The van der Waals surface area contributed by atoms with Crippen LogP contribution in [0.25, 0.3) is 10.9 Å². The summed E-state index contributed by atoms with van der Waals surface area (Å²) in [5, 5.41) is 3.43. The number of amides is 1. The number of carbonyl (C=O) groups excluding carboxylic acids is 2. The Morgan fingerprint density at radius 3 is 2.58 bits per heavy atom. The summed E-state index contributed by atoms with van der Waals surface area (Å²) in [6, 6.07) is 12.6. The minimum atomic E-state index is -0.680. The molecule has 132 valence electrons. The molecule has 2 aromatic carbocycles. The first kappa shape index (κ1) is 16.2. The predicted octanol–water partition coefficient (Wildman–Crippen LogP) is 3.08. The molecule has 4 rings (SSSR count). The first-order valence-corrected chi connectivity index (χ1v) is 8.35. The number of nitrogens with one attached hydrogen (secondary N) is 1. The Labute approximate surface area is 150 Å². The van der Waals surface area contributed by atoms with E-state index in [2.05, 4.69) is 5.32 Å². The van der Waals surface area contributed by atoms with E-state index < -0.39 is 11.7 Å². The highest BCUT2D eigenvalue weighted by atomic mass is 16.6. The first-order valence-electron chi connectivity index (χ1n) is 8.35. The third kappa shape index (κ3) is 2.60. The van der Waals surface area contributed by atoms with Crippen LogP contribution < -0.4 is 14.8 Å². The second-order valence-corrected chi connectivity index (χ2v) is 6.18. The maximum Gasteiger partial charge on any atom is 0.296 e. The smallest absolute Gasteiger partial charge is 0.296 e. The fourth-order valence-electron chi connectivity index (χ4n) is 3.23. The molecule has 0 atom stereocenters. The molecule has 26 heavy (non-hydrogen) atoms. The van der Waals surface area contributed by atoms with E-state index in [9.17, 15) is 9.59 Å². The molecule has 0 aliphatic carbocycles. The molecule has 1 aliphatic rings. The van der Waals surface area contributed by atoms with E-state index in [1.807, 2.05) is 42.8 Å². The topological polar surface area (TPSA) is 69.6 Å². The van der Waals surface area contributed by atoms with Gasteiger partial charge in [0.05, 0.1) is 5.56 Å². The van der Waals surface area contributed by atoms with Crippen molar-refractivity contribution >= 4 is 28.3 Å². The third-order valence-electron chi connectivity index (χ3n) is 4.63. The number of carbonyl (C=O) groups is 2. The summed E-state index contributed by atoms with van der Waals surface area (Å²) in [7, 11) is 1.88. The van der Waals surface area contributed by atoms with Crippen LogP contribution in [-0.4, -0.2) is 29.5 Å². The van der Waals surface area contributed by atoms with Gasteiger partial charge in [0, 0.05) is 35.4 Å². The summed E-state index contributed by atoms with van der Waals surface area (Å²) in [5.74, 6) is -0.0522. The molecule has 0 bridgehead atoms. The fourth-order valence-corrected chi connectivity index (χ4v) is 3.23. The predicted molar refractivity (Wildman–Crippen MR) is 98.0 cm³/mol. The standard InChI is InChI=1S/C20H18N2O4/c1-12-18(14-5-3-4-6-15(14)22(12)2)19(23)20(24)21-13-7-8-16-17(11-13)26-10-9-25-16/h3-8,11H,9-10H2,1-2H3,(H,21,24). The Balaban J connectivity index is 1.63. The molecule has 0 spiro atoms. The van der Waals surface area contributed by atoms with Crippen molar-refractivity contribution in [3.8, 4) is 11.5 Å². The average molecular weight is 350 g/mol. The van der Waals surface area contributed by atoms with Gasteiger partial charge in [0.2, 0.25) is 0 Å². The zero-order valence-corrected chi connectivity index (χ0v) is 14.5. The number of hydrogen-bond acceptors (Lipinski definition) is 4. The number of nitrogens with zero attached hydrogens (tertiary/aromatic N) is 1. The number of aryl methyl sites for hydroxylation is 1. The zero-order chi connectivity index (χ0) is 18.3. The molecule has 1 amide bonds. The van der Waals surface area contributed by atoms with E-state index in [4.69, 9.17) is 9.47 Å². The number of anilines is 1. The van der Waals surface area contributed by atoms with Gasteiger partial charge in [-0.15, -0.1) is 0 Å². The molecular formula is C20H18N2O4. The van der Waals surface area contributed by atoms with Gasteiger partial charge < -0.3 is 19.4 Å². The molecule has 2 heterocycles. The van der Waals surface area contributed by atoms with Crippen molar-refractivity contribution in [1.82, 2.24) is 4.57 Å². The van der Waals surface area contributed by atoms with E-state index in [0.29, 0.717) is 36.0 Å². The molecule has 6 heteroatoms. The van der Waals surface area contributed by atoms with E-state index in [-0.39, 0.29) is 0 Å². The Kier molecular flexibility index (Phi) is 3.88. The van der Waals surface area contributed by atoms with E-state index >= 15 is 0 Å². The van der Waals surface area contributed by atoms with Crippen LogP contribution in [0, 0.1) is 6.92 Å². The normalized spacial score (nSPS) is 12.8. The average Bonchev–Trinajstić information content (AvgIpc) is 2.92. The second kappa shape index (κ2) is 6.22. The van der Waals surface area contributed by atoms with Crippen molar-refractivity contribution in [3.05, 3.63) is 53.7 Å². The quantitative estimate of drug-likeness (QED) is 0.582. The van der Waals surface area contributed by atoms with Crippen molar-refractivity contribution in [2.75, 3.05) is 18.5 Å². The van der Waals surface area contributed by atoms with Gasteiger partial charge in [-0.25, -0.2) is 0 Å². The number of Topliss-reactive ketones (excluding diaryl/α,β-unsaturated/α-hetero) is 1. The van der Waals surface area contributed by atoms with Gasteiger partial charge in [0.15, 0.2) is 11.5 Å². The highest BCUT2D eigenvalue weighted by Crippen LogP contribution is 2.33. The number of ether oxygens (including phenoxy) is 2. The van der Waals surface area contributed by atoms with E-state index in [0.717, 1.165) is 16.6 Å². The van der Waals surface area contributed by atoms with E-state index in [1.54, 1.807) is 18.2 Å². The summed E-state index contributed by atoms with van der Waals surface area (Å²) >= 11 is 0. The van der Waals surface area contributed by atoms with Crippen molar-refractivity contribution in [2.24, 2.45) is 7.05 Å². The van der Waals surface area contributed by atoms with Gasteiger partial charge in [0.25, 0.3) is 11.7 Å². The number of benzene rings is 2. The lowest BCUT2D eigenvalue weighted by molar-refractivity contribution is -0.112. The molecule has 3 aromatic rings. The van der Waals surface area contributed by atoms with Gasteiger partial charge in [-0.2, -0.15) is 0 Å². The monoisotopic (exact) mass is 350 g/mol. The molecule has 0 unspecified atom stereocenters. The summed E-state index contributed by atoms with van der Waals surface area (Å²) in [6.07, 6.45) is 0. The molecule has 0 saturated heterocycles. The van der Waals surface area contributed by atoms with Crippen molar-refractivity contribution in [3.63, 3.8) is 0 Å². The molecule has 0 fully saturated rings. The highest BCUT2D eigenvalue weighted by molar-refractivity contribution is 6.48. The van der Waals surface area contributed by atoms with Crippen LogP contribution in [0.5, 0.6) is 11.5 Å². The number of rotatable bonds is 3. The van der Waals surface area contributed by atoms with Gasteiger partial charge in [-0.1, -0.05) is 18.2 Å². The van der Waals surface area contributed by atoms with Gasteiger partial charge >= 0.3 is 0 Å². The Morgan fingerprint density at radius 1 is 1.04 bits per heavy atom. The van der Waals surface area contributed by atoms with Crippen LogP contribution in [0.1, 0.15) is 16.1 Å². The Hall–Kier alpha value is -3.28. The van der Waals surface area contributed by atoms with Gasteiger partial charge in [-0.3, -0.25) is 9.59 Å². The lowest BCUT2D eigenvalue weighted by atomic mass is 10.1. The van der Waals surface area contributed by atoms with Crippen LogP contribution in [0.4, 0.5) is 5.69 Å². The van der Waals surface area contributed by atoms with Crippen LogP contribution in [-0.2, 0) is 11.8 Å². The van der Waals surface area contributed by atoms with Gasteiger partial charge in [0.1, 0.15) is 13.2 Å². The SMILES string of the molecule is Cc1c(C(=O)C(=O)Nc2ccc3c(c2)OCCO3)c2ccccc2n1C. The molecule has 1 N–H and O–H groups in total.